The second kappa shape index (κ2) is 7.96. The highest BCUT2D eigenvalue weighted by Gasteiger charge is 2.17. The number of hydrogen-bond donors (Lipinski definition) is 1. The second-order valence-electron chi connectivity index (χ2n) is 6.70. The largest absolute Gasteiger partial charge is 0.438 e. The molecule has 8 nitrogen and oxygen atoms in total. The normalized spacial score (nSPS) is 11.3. The summed E-state index contributed by atoms with van der Waals surface area (Å²) in [6, 6.07) is 15.2. The summed E-state index contributed by atoms with van der Waals surface area (Å²) in [4.78, 5) is 4.22. The van der Waals surface area contributed by atoms with Crippen molar-refractivity contribution in [2.45, 2.75) is 18.7 Å². The summed E-state index contributed by atoms with van der Waals surface area (Å²) in [6.07, 6.45) is 5.05. The number of nitrogens with zero attached hydrogens (tertiary/aromatic N) is 4. The summed E-state index contributed by atoms with van der Waals surface area (Å²) in [5, 5.41) is 8.12. The van der Waals surface area contributed by atoms with Crippen molar-refractivity contribution in [2.24, 2.45) is 0 Å². The molecule has 4 aromatic rings. The van der Waals surface area contributed by atoms with Crippen LogP contribution < -0.4 is 9.46 Å². The monoisotopic (exact) mass is 421 g/mol. The number of ether oxygens (including phenoxy) is 1. The van der Waals surface area contributed by atoms with Gasteiger partial charge in [-0.1, -0.05) is 17.7 Å². The molecular formula is C21H19N5O3S. The van der Waals surface area contributed by atoms with E-state index in [0.717, 1.165) is 5.56 Å². The molecule has 0 bridgehead atoms. The molecule has 0 saturated heterocycles. The third-order valence-electron chi connectivity index (χ3n) is 4.34. The molecule has 9 heteroatoms. The first kappa shape index (κ1) is 19.6. The van der Waals surface area contributed by atoms with E-state index in [1.807, 2.05) is 13.0 Å². The lowest BCUT2D eigenvalue weighted by Gasteiger charge is -2.11. The predicted octanol–water partition coefficient (Wildman–Crippen LogP) is 3.87. The number of imidazole rings is 1. The van der Waals surface area contributed by atoms with E-state index in [9.17, 15) is 8.42 Å². The summed E-state index contributed by atoms with van der Waals surface area (Å²) in [6.45, 7) is 3.70. The van der Waals surface area contributed by atoms with Crippen LogP contribution in [0.25, 0.3) is 5.82 Å². The van der Waals surface area contributed by atoms with Crippen LogP contribution in [0.5, 0.6) is 11.6 Å². The van der Waals surface area contributed by atoms with Crippen molar-refractivity contribution in [3.8, 4) is 17.4 Å². The highest BCUT2D eigenvalue weighted by molar-refractivity contribution is 7.92. The van der Waals surface area contributed by atoms with Gasteiger partial charge in [0.05, 0.1) is 4.90 Å². The number of nitrogens with one attached hydrogen (secondary N) is 1. The molecule has 2 aromatic carbocycles. The van der Waals surface area contributed by atoms with E-state index >= 15 is 0 Å². The Morgan fingerprint density at radius 3 is 2.40 bits per heavy atom. The molecule has 0 aliphatic heterocycles. The second-order valence-corrected chi connectivity index (χ2v) is 8.35. The van der Waals surface area contributed by atoms with Gasteiger partial charge in [0, 0.05) is 24.1 Å². The Labute approximate surface area is 174 Å². The summed E-state index contributed by atoms with van der Waals surface area (Å²) >= 11 is 0. The van der Waals surface area contributed by atoms with Crippen molar-refractivity contribution < 1.29 is 13.2 Å². The van der Waals surface area contributed by atoms with Crippen molar-refractivity contribution >= 4 is 15.7 Å². The Morgan fingerprint density at radius 2 is 1.77 bits per heavy atom. The maximum absolute atomic E-state index is 12.7. The molecule has 0 atom stereocenters. The fraction of sp³-hybridized carbons (Fsp3) is 0.0952. The molecule has 0 amide bonds. The minimum Gasteiger partial charge on any atom is -0.438 e. The number of rotatable bonds is 6. The molecule has 0 spiro atoms. The molecule has 0 aliphatic carbocycles. The third kappa shape index (κ3) is 4.31. The van der Waals surface area contributed by atoms with Crippen LogP contribution in [0.15, 0.2) is 78.2 Å². The van der Waals surface area contributed by atoms with E-state index in [4.69, 9.17) is 4.74 Å². The Kier molecular flexibility index (Phi) is 5.20. The lowest BCUT2D eigenvalue weighted by molar-refractivity contribution is 0.454. The fourth-order valence-electron chi connectivity index (χ4n) is 2.92. The van der Waals surface area contributed by atoms with Gasteiger partial charge in [-0.15, -0.1) is 10.2 Å². The molecule has 0 unspecified atom stereocenters. The predicted molar refractivity (Wildman–Crippen MR) is 112 cm³/mol. The van der Waals surface area contributed by atoms with Gasteiger partial charge in [0.15, 0.2) is 5.82 Å². The Morgan fingerprint density at radius 1 is 0.967 bits per heavy atom. The van der Waals surface area contributed by atoms with Gasteiger partial charge in [0.1, 0.15) is 12.1 Å². The van der Waals surface area contributed by atoms with Crippen molar-refractivity contribution in [1.29, 1.82) is 0 Å². The lowest BCUT2D eigenvalue weighted by Crippen LogP contribution is -2.14. The Balaban J connectivity index is 1.45. The molecule has 1 N–H and O–H groups in total. The number of aryl methyl sites for hydroxylation is 2. The molecule has 0 saturated carbocycles. The summed E-state index contributed by atoms with van der Waals surface area (Å²) < 4.78 is 35.3. The van der Waals surface area contributed by atoms with E-state index in [0.29, 0.717) is 28.7 Å². The molecule has 0 radical (unpaired) electrons. The van der Waals surface area contributed by atoms with Gasteiger partial charge in [-0.25, -0.2) is 13.4 Å². The van der Waals surface area contributed by atoms with Gasteiger partial charge in [0.2, 0.25) is 5.88 Å². The zero-order valence-corrected chi connectivity index (χ0v) is 17.2. The van der Waals surface area contributed by atoms with E-state index in [-0.39, 0.29) is 4.90 Å². The van der Waals surface area contributed by atoms with Crippen LogP contribution in [-0.2, 0) is 10.0 Å². The number of sulfonamides is 1. The standard InChI is InChI=1S/C21H19N5O3S/c1-15-3-8-19(16(2)13-15)30(27,28)25-17-4-6-18(7-5-17)29-21-10-9-20(23-24-21)26-12-11-22-14-26/h3-14,25H,1-2H3. The molecule has 4 rings (SSSR count). The zero-order chi connectivity index (χ0) is 21.1. The SMILES string of the molecule is Cc1ccc(S(=O)(=O)Nc2ccc(Oc3ccc(-n4ccnc4)nn3)cc2)c(C)c1. The smallest absolute Gasteiger partial charge is 0.262 e. The van der Waals surface area contributed by atoms with Crippen LogP contribution in [-0.4, -0.2) is 28.2 Å². The zero-order valence-electron chi connectivity index (χ0n) is 16.4. The van der Waals surface area contributed by atoms with Crippen LogP contribution in [0.2, 0.25) is 0 Å². The van der Waals surface area contributed by atoms with Gasteiger partial charge in [-0.05, 0) is 55.8 Å². The van der Waals surface area contributed by atoms with Gasteiger partial charge in [0.25, 0.3) is 10.0 Å². The highest BCUT2D eigenvalue weighted by atomic mass is 32.2. The molecule has 0 aliphatic rings. The first-order chi connectivity index (χ1) is 14.4. The quantitative estimate of drug-likeness (QED) is 0.507. The lowest BCUT2D eigenvalue weighted by atomic mass is 10.2. The molecule has 30 heavy (non-hydrogen) atoms. The summed E-state index contributed by atoms with van der Waals surface area (Å²) in [7, 11) is -3.68. The maximum atomic E-state index is 12.7. The topological polar surface area (TPSA) is 99.0 Å². The molecule has 2 heterocycles. The Hall–Kier alpha value is -3.72. The van der Waals surface area contributed by atoms with Crippen molar-refractivity contribution in [1.82, 2.24) is 19.7 Å². The Bertz CT molecular complexity index is 1250. The van der Waals surface area contributed by atoms with E-state index < -0.39 is 10.0 Å². The molecule has 152 valence electrons. The van der Waals surface area contributed by atoms with Crippen molar-refractivity contribution in [3.63, 3.8) is 0 Å². The molecule has 0 fully saturated rings. The average Bonchev–Trinajstić information content (AvgIpc) is 3.24. The van der Waals surface area contributed by atoms with Crippen molar-refractivity contribution in [3.05, 3.63) is 84.4 Å². The average molecular weight is 421 g/mol. The molecular weight excluding hydrogens is 402 g/mol. The van der Waals surface area contributed by atoms with E-state index in [1.165, 1.54) is 0 Å². The number of anilines is 1. The number of aromatic nitrogens is 4. The van der Waals surface area contributed by atoms with Crippen LogP contribution in [0.4, 0.5) is 5.69 Å². The highest BCUT2D eigenvalue weighted by Crippen LogP contribution is 2.24. The van der Waals surface area contributed by atoms with Gasteiger partial charge in [-0.3, -0.25) is 9.29 Å². The van der Waals surface area contributed by atoms with Crippen LogP contribution in [0.1, 0.15) is 11.1 Å². The number of benzene rings is 2. The maximum Gasteiger partial charge on any atom is 0.262 e. The number of hydrogen-bond acceptors (Lipinski definition) is 6. The molecule has 2 aromatic heterocycles. The van der Waals surface area contributed by atoms with E-state index in [1.54, 1.807) is 78.7 Å². The summed E-state index contributed by atoms with van der Waals surface area (Å²) in [5.41, 5.74) is 2.14. The van der Waals surface area contributed by atoms with Gasteiger partial charge in [-0.2, -0.15) is 0 Å². The minimum atomic E-state index is -3.68. The fourth-order valence-corrected chi connectivity index (χ4v) is 4.21. The van der Waals surface area contributed by atoms with E-state index in [2.05, 4.69) is 19.9 Å². The first-order valence-electron chi connectivity index (χ1n) is 9.11. The van der Waals surface area contributed by atoms with Crippen LogP contribution in [0.3, 0.4) is 0 Å². The van der Waals surface area contributed by atoms with Crippen molar-refractivity contribution in [2.75, 3.05) is 4.72 Å². The van der Waals surface area contributed by atoms with Gasteiger partial charge >= 0.3 is 0 Å². The third-order valence-corrected chi connectivity index (χ3v) is 5.89. The summed E-state index contributed by atoms with van der Waals surface area (Å²) in [5.74, 6) is 1.45. The van der Waals surface area contributed by atoms with Gasteiger partial charge < -0.3 is 4.74 Å². The first-order valence-corrected chi connectivity index (χ1v) is 10.6. The van der Waals surface area contributed by atoms with Crippen LogP contribution >= 0.6 is 0 Å². The minimum absolute atomic E-state index is 0.252. The van der Waals surface area contributed by atoms with Crippen LogP contribution in [0, 0.1) is 13.8 Å².